The van der Waals surface area contributed by atoms with E-state index >= 15 is 0 Å². The van der Waals surface area contributed by atoms with Crippen LogP contribution >= 0.6 is 11.6 Å². The Bertz CT molecular complexity index is 498. The molecule has 1 unspecified atom stereocenters. The first-order valence-electron chi connectivity index (χ1n) is 8.37. The lowest BCUT2D eigenvalue weighted by atomic mass is 9.94. The van der Waals surface area contributed by atoms with Gasteiger partial charge in [0.25, 0.3) is 0 Å². The van der Waals surface area contributed by atoms with Gasteiger partial charge in [-0.2, -0.15) is 0 Å². The van der Waals surface area contributed by atoms with Crippen LogP contribution in [0.4, 0.5) is 0 Å². The van der Waals surface area contributed by atoms with E-state index in [0.29, 0.717) is 6.61 Å². The molecule has 1 heterocycles. The van der Waals surface area contributed by atoms with Crippen molar-refractivity contribution in [1.82, 2.24) is 4.90 Å². The molecule has 3 nitrogen and oxygen atoms in total. The fourth-order valence-electron chi connectivity index (χ4n) is 3.36. The molecule has 1 N–H and O–H groups in total. The summed E-state index contributed by atoms with van der Waals surface area (Å²) >= 11 is 6.44. The first-order valence-corrected chi connectivity index (χ1v) is 8.75. The lowest BCUT2D eigenvalue weighted by molar-refractivity contribution is 0.180. The Balaban J connectivity index is 2.47. The highest BCUT2D eigenvalue weighted by atomic mass is 35.5. The van der Waals surface area contributed by atoms with Gasteiger partial charge in [-0.25, -0.2) is 0 Å². The standard InChI is InChI=1S/C18H28ClNO2/c1-4-11-22-18-13(2)12-15(19)14(3)17(18)16(7-10-21)20-8-5-6-9-20/h12,16,21H,4-11H2,1-3H3. The first-order chi connectivity index (χ1) is 10.6. The van der Waals surface area contributed by atoms with Gasteiger partial charge in [-0.05, 0) is 69.8 Å². The molecule has 124 valence electrons. The van der Waals surface area contributed by atoms with E-state index in [0.717, 1.165) is 47.8 Å². The summed E-state index contributed by atoms with van der Waals surface area (Å²) in [5, 5.41) is 10.3. The maximum Gasteiger partial charge on any atom is 0.127 e. The Morgan fingerprint density at radius 2 is 2.00 bits per heavy atom. The highest BCUT2D eigenvalue weighted by Gasteiger charge is 2.28. The minimum Gasteiger partial charge on any atom is -0.493 e. The van der Waals surface area contributed by atoms with Gasteiger partial charge in [0.05, 0.1) is 6.61 Å². The summed E-state index contributed by atoms with van der Waals surface area (Å²) in [5.41, 5.74) is 3.35. The van der Waals surface area contributed by atoms with E-state index in [2.05, 4.69) is 25.7 Å². The molecule has 1 fully saturated rings. The highest BCUT2D eigenvalue weighted by Crippen LogP contribution is 2.41. The molecule has 4 heteroatoms. The molecule has 0 spiro atoms. The van der Waals surface area contributed by atoms with Crippen LogP contribution in [-0.2, 0) is 0 Å². The van der Waals surface area contributed by atoms with Crippen LogP contribution in [-0.4, -0.2) is 36.3 Å². The minimum atomic E-state index is 0.180. The fourth-order valence-corrected chi connectivity index (χ4v) is 3.62. The van der Waals surface area contributed by atoms with Gasteiger partial charge < -0.3 is 9.84 Å². The molecular formula is C18H28ClNO2. The van der Waals surface area contributed by atoms with Crippen molar-refractivity contribution >= 4 is 11.6 Å². The molecule has 1 aliphatic rings. The van der Waals surface area contributed by atoms with Crippen LogP contribution in [0.15, 0.2) is 6.07 Å². The molecule has 0 aliphatic carbocycles. The molecule has 0 aromatic heterocycles. The molecule has 0 saturated carbocycles. The predicted octanol–water partition coefficient (Wildman–Crippen LogP) is 4.26. The molecule has 0 amide bonds. The number of benzene rings is 1. The molecule has 1 atom stereocenters. The van der Waals surface area contributed by atoms with Gasteiger partial charge in [0.1, 0.15) is 5.75 Å². The SMILES string of the molecule is CCCOc1c(C)cc(Cl)c(C)c1C(CCO)N1CCCC1. The Morgan fingerprint density at radius 3 is 2.59 bits per heavy atom. The molecule has 1 aromatic rings. The molecule has 0 radical (unpaired) electrons. The van der Waals surface area contributed by atoms with Gasteiger partial charge in [-0.15, -0.1) is 0 Å². The third-order valence-electron chi connectivity index (χ3n) is 4.48. The Morgan fingerprint density at radius 1 is 1.32 bits per heavy atom. The predicted molar refractivity (Wildman–Crippen MR) is 92.0 cm³/mol. The number of aliphatic hydroxyl groups is 1. The molecule has 2 rings (SSSR count). The molecule has 0 bridgehead atoms. The summed E-state index contributed by atoms with van der Waals surface area (Å²) in [5.74, 6) is 0.967. The zero-order chi connectivity index (χ0) is 16.1. The van der Waals surface area contributed by atoms with Crippen LogP contribution in [0.3, 0.4) is 0 Å². The van der Waals surface area contributed by atoms with Crippen LogP contribution in [0, 0.1) is 13.8 Å². The van der Waals surface area contributed by atoms with Gasteiger partial charge in [-0.3, -0.25) is 4.90 Å². The van der Waals surface area contributed by atoms with Crippen molar-refractivity contribution < 1.29 is 9.84 Å². The number of rotatable bonds is 7. The van der Waals surface area contributed by atoms with E-state index in [1.54, 1.807) is 0 Å². The molecular weight excluding hydrogens is 298 g/mol. The van der Waals surface area contributed by atoms with E-state index in [9.17, 15) is 5.11 Å². The number of aryl methyl sites for hydroxylation is 1. The van der Waals surface area contributed by atoms with Gasteiger partial charge >= 0.3 is 0 Å². The quantitative estimate of drug-likeness (QED) is 0.812. The zero-order valence-electron chi connectivity index (χ0n) is 14.0. The first kappa shape index (κ1) is 17.6. The second-order valence-corrected chi connectivity index (χ2v) is 6.57. The summed E-state index contributed by atoms with van der Waals surface area (Å²) in [6.45, 7) is 9.30. The van der Waals surface area contributed by atoms with Crippen LogP contribution in [0.1, 0.15) is 55.3 Å². The van der Waals surface area contributed by atoms with E-state index in [1.807, 2.05) is 6.07 Å². The molecule has 1 saturated heterocycles. The highest BCUT2D eigenvalue weighted by molar-refractivity contribution is 6.31. The fraction of sp³-hybridized carbons (Fsp3) is 0.667. The second kappa shape index (κ2) is 8.19. The zero-order valence-corrected chi connectivity index (χ0v) is 14.7. The van der Waals surface area contributed by atoms with Gasteiger partial charge in [0.15, 0.2) is 0 Å². The number of ether oxygens (including phenoxy) is 1. The second-order valence-electron chi connectivity index (χ2n) is 6.16. The summed E-state index contributed by atoms with van der Waals surface area (Å²) in [7, 11) is 0. The van der Waals surface area contributed by atoms with Gasteiger partial charge in [0.2, 0.25) is 0 Å². The van der Waals surface area contributed by atoms with Crippen molar-refractivity contribution in [2.45, 2.75) is 52.5 Å². The van der Waals surface area contributed by atoms with E-state index < -0.39 is 0 Å². The lowest BCUT2D eigenvalue weighted by Gasteiger charge is -2.31. The Hall–Kier alpha value is -0.770. The molecule has 22 heavy (non-hydrogen) atoms. The van der Waals surface area contributed by atoms with Crippen molar-refractivity contribution in [2.24, 2.45) is 0 Å². The average Bonchev–Trinajstić information content (AvgIpc) is 3.02. The monoisotopic (exact) mass is 325 g/mol. The molecule has 1 aliphatic heterocycles. The van der Waals surface area contributed by atoms with Gasteiger partial charge in [-0.1, -0.05) is 18.5 Å². The number of nitrogens with zero attached hydrogens (tertiary/aromatic N) is 1. The number of aliphatic hydroxyl groups excluding tert-OH is 1. The number of halogens is 1. The van der Waals surface area contributed by atoms with E-state index in [4.69, 9.17) is 16.3 Å². The van der Waals surface area contributed by atoms with Crippen molar-refractivity contribution in [1.29, 1.82) is 0 Å². The lowest BCUT2D eigenvalue weighted by Crippen LogP contribution is -2.28. The minimum absolute atomic E-state index is 0.180. The summed E-state index contributed by atoms with van der Waals surface area (Å²) in [4.78, 5) is 2.47. The Kier molecular flexibility index (Phi) is 6.54. The van der Waals surface area contributed by atoms with Crippen LogP contribution in [0.25, 0.3) is 0 Å². The summed E-state index contributed by atoms with van der Waals surface area (Å²) in [6.07, 6.45) is 4.16. The van der Waals surface area contributed by atoms with Crippen LogP contribution in [0.5, 0.6) is 5.75 Å². The van der Waals surface area contributed by atoms with Crippen molar-refractivity contribution in [3.8, 4) is 5.75 Å². The third kappa shape index (κ3) is 3.76. The molecule has 1 aromatic carbocycles. The number of likely N-dealkylation sites (tertiary alicyclic amines) is 1. The van der Waals surface area contributed by atoms with Crippen LogP contribution in [0.2, 0.25) is 5.02 Å². The maximum atomic E-state index is 9.55. The van der Waals surface area contributed by atoms with E-state index in [-0.39, 0.29) is 12.6 Å². The Labute approximate surface area is 139 Å². The third-order valence-corrected chi connectivity index (χ3v) is 4.87. The summed E-state index contributed by atoms with van der Waals surface area (Å²) in [6, 6.07) is 2.18. The van der Waals surface area contributed by atoms with Gasteiger partial charge in [0, 0.05) is 23.2 Å². The van der Waals surface area contributed by atoms with Crippen LogP contribution < -0.4 is 4.74 Å². The van der Waals surface area contributed by atoms with Crippen molar-refractivity contribution in [3.63, 3.8) is 0 Å². The number of hydrogen-bond donors (Lipinski definition) is 1. The average molecular weight is 326 g/mol. The smallest absolute Gasteiger partial charge is 0.127 e. The topological polar surface area (TPSA) is 32.7 Å². The largest absolute Gasteiger partial charge is 0.493 e. The normalized spacial score (nSPS) is 17.0. The number of hydrogen-bond acceptors (Lipinski definition) is 3. The van der Waals surface area contributed by atoms with Crippen molar-refractivity contribution in [3.05, 3.63) is 27.8 Å². The summed E-state index contributed by atoms with van der Waals surface area (Å²) < 4.78 is 6.07. The van der Waals surface area contributed by atoms with Crippen molar-refractivity contribution in [2.75, 3.05) is 26.3 Å². The van der Waals surface area contributed by atoms with E-state index in [1.165, 1.54) is 18.4 Å². The maximum absolute atomic E-state index is 9.55.